The van der Waals surface area contributed by atoms with Crippen LogP contribution in [0.3, 0.4) is 0 Å². The van der Waals surface area contributed by atoms with Crippen LogP contribution in [-0.2, 0) is 33.9 Å². The fourth-order valence-electron chi connectivity index (χ4n) is 6.98. The highest BCUT2D eigenvalue weighted by Gasteiger charge is 2.62. The number of ketones is 1. The smallest absolute Gasteiger partial charge is 0.408 e. The maximum Gasteiger partial charge on any atom is 0.408 e. The van der Waals surface area contributed by atoms with Crippen LogP contribution in [0.1, 0.15) is 100 Å². The van der Waals surface area contributed by atoms with Crippen LogP contribution >= 0.6 is 0 Å². The van der Waals surface area contributed by atoms with Gasteiger partial charge in [-0.15, -0.1) is 0 Å². The molecule has 2 saturated carbocycles. The van der Waals surface area contributed by atoms with E-state index in [1.807, 2.05) is 39.0 Å². The number of hydrogen-bond donors (Lipinski definition) is 3. The monoisotopic (exact) mass is 797 g/mol. The standard InChI is InChI=1S/C40H55N5O10S/c1-9-26-21-40(26,37(49)44-56(51,52)30-12-13-30)43-34(47)33-20-29(54-35-31-14-11-28(53-24(4)5)19-25(31)16-17-41-35)22-45(33)36(48)32(15-10-27(46)18-23(2)3)42-38(50)55-39(6,7)8/h11,14,16-19,24,26,29-30,32-33H,9-10,12-13,15,20-22H2,1-8H3,(H,42,50)(H,43,47)(H,44,49)/t26-,29-,32+,33+,40-/m1/s1. The minimum Gasteiger partial charge on any atom is -0.491 e. The summed E-state index contributed by atoms with van der Waals surface area (Å²) in [6.45, 7) is 14.2. The number of hydrogen-bond acceptors (Lipinski definition) is 11. The van der Waals surface area contributed by atoms with Gasteiger partial charge in [-0.05, 0) is 116 Å². The van der Waals surface area contributed by atoms with Crippen LogP contribution < -0.4 is 24.8 Å². The first-order valence-corrected chi connectivity index (χ1v) is 20.8. The van der Waals surface area contributed by atoms with Crippen molar-refractivity contribution in [3.8, 4) is 11.6 Å². The predicted octanol–water partition coefficient (Wildman–Crippen LogP) is 4.47. The number of alkyl carbamates (subject to hydrolysis) is 1. The van der Waals surface area contributed by atoms with E-state index in [1.165, 1.54) is 11.0 Å². The Hall–Kier alpha value is -4.73. The Labute approximate surface area is 328 Å². The van der Waals surface area contributed by atoms with Crippen LogP contribution in [0.2, 0.25) is 0 Å². The van der Waals surface area contributed by atoms with E-state index in [-0.39, 0.29) is 55.9 Å². The maximum absolute atomic E-state index is 14.5. The lowest BCUT2D eigenvalue weighted by Crippen LogP contribution is -2.58. The number of benzene rings is 1. The SMILES string of the molecule is CC[C@@H]1C[C@]1(NC(=O)[C@@H]1C[C@@H](Oc2nccc3cc(OC(C)C)ccc23)CN1C(=O)[C@H](CCC(=O)C=C(C)C)NC(=O)OC(C)(C)C)C(=O)NS(=O)(=O)C1CC1. The summed E-state index contributed by atoms with van der Waals surface area (Å²) in [6, 6.07) is 4.82. The van der Waals surface area contributed by atoms with Gasteiger partial charge in [0, 0.05) is 24.4 Å². The van der Waals surface area contributed by atoms with Gasteiger partial charge in [0.15, 0.2) is 5.78 Å². The number of carbonyl (C=O) groups is 5. The van der Waals surface area contributed by atoms with Crippen molar-refractivity contribution < 1.29 is 46.6 Å². The van der Waals surface area contributed by atoms with E-state index < -0.39 is 68.4 Å². The molecular weight excluding hydrogens is 743 g/mol. The molecule has 0 bridgehead atoms. The zero-order valence-corrected chi connectivity index (χ0v) is 34.3. The highest BCUT2D eigenvalue weighted by Crippen LogP contribution is 2.47. The second-order valence-corrected chi connectivity index (χ2v) is 18.5. The fraction of sp³-hybridized carbons (Fsp3) is 0.600. The molecule has 16 heteroatoms. The number of nitrogens with zero attached hydrogens (tertiary/aromatic N) is 2. The van der Waals surface area contributed by atoms with Gasteiger partial charge in [0.25, 0.3) is 5.91 Å². The Morgan fingerprint density at radius 3 is 2.41 bits per heavy atom. The molecule has 3 N–H and O–H groups in total. The Morgan fingerprint density at radius 1 is 1.09 bits per heavy atom. The van der Waals surface area contributed by atoms with E-state index in [0.29, 0.717) is 30.4 Å². The third kappa shape index (κ3) is 10.6. The third-order valence-electron chi connectivity index (χ3n) is 9.86. The van der Waals surface area contributed by atoms with E-state index in [4.69, 9.17) is 14.2 Å². The number of fused-ring (bicyclic) bond motifs is 1. The summed E-state index contributed by atoms with van der Waals surface area (Å²) in [4.78, 5) is 74.0. The van der Waals surface area contributed by atoms with Gasteiger partial charge in [-0.1, -0.05) is 18.9 Å². The maximum atomic E-state index is 14.5. The number of carbonyl (C=O) groups excluding carboxylic acids is 5. The molecule has 1 aromatic heterocycles. The molecule has 2 aromatic rings. The summed E-state index contributed by atoms with van der Waals surface area (Å²) in [5.74, 6) is -1.80. The quantitative estimate of drug-likeness (QED) is 0.203. The number of nitrogens with one attached hydrogen (secondary N) is 3. The number of sulfonamides is 1. The number of allylic oxidation sites excluding steroid dienone is 2. The van der Waals surface area contributed by atoms with E-state index in [9.17, 15) is 32.4 Å². The van der Waals surface area contributed by atoms with Crippen LogP contribution in [0, 0.1) is 5.92 Å². The van der Waals surface area contributed by atoms with Gasteiger partial charge in [0.2, 0.25) is 27.7 Å². The third-order valence-corrected chi connectivity index (χ3v) is 11.7. The number of likely N-dealkylation sites (tertiary alicyclic amines) is 1. The summed E-state index contributed by atoms with van der Waals surface area (Å²) in [7, 11) is -3.90. The van der Waals surface area contributed by atoms with Gasteiger partial charge in [-0.3, -0.25) is 23.9 Å². The molecule has 3 aliphatic rings. The summed E-state index contributed by atoms with van der Waals surface area (Å²) in [6.07, 6.45) is 2.78. The number of pyridine rings is 1. The Kier molecular flexibility index (Phi) is 12.7. The second kappa shape index (κ2) is 16.8. The van der Waals surface area contributed by atoms with Crippen molar-refractivity contribution in [3.05, 3.63) is 42.1 Å². The first-order valence-electron chi connectivity index (χ1n) is 19.3. The molecule has 2 heterocycles. The van der Waals surface area contributed by atoms with E-state index >= 15 is 0 Å². The van der Waals surface area contributed by atoms with E-state index in [0.717, 1.165) is 11.0 Å². The van der Waals surface area contributed by atoms with Gasteiger partial charge >= 0.3 is 6.09 Å². The minimum atomic E-state index is -3.90. The van der Waals surface area contributed by atoms with Crippen LogP contribution in [0.25, 0.3) is 10.8 Å². The zero-order valence-electron chi connectivity index (χ0n) is 33.5. The molecule has 2 aliphatic carbocycles. The average Bonchev–Trinajstić information content (AvgIpc) is 4.02. The lowest BCUT2D eigenvalue weighted by Gasteiger charge is -2.30. The molecule has 1 aliphatic heterocycles. The van der Waals surface area contributed by atoms with Gasteiger partial charge in [0.1, 0.15) is 35.1 Å². The van der Waals surface area contributed by atoms with Crippen molar-refractivity contribution in [2.45, 2.75) is 141 Å². The molecule has 3 fully saturated rings. The lowest BCUT2D eigenvalue weighted by atomic mass is 10.0. The van der Waals surface area contributed by atoms with Crippen molar-refractivity contribution in [1.29, 1.82) is 0 Å². The van der Waals surface area contributed by atoms with Crippen LogP contribution in [0.4, 0.5) is 4.79 Å². The summed E-state index contributed by atoms with van der Waals surface area (Å²) < 4.78 is 45.4. The Morgan fingerprint density at radius 2 is 1.80 bits per heavy atom. The van der Waals surface area contributed by atoms with E-state index in [1.54, 1.807) is 46.9 Å². The first kappa shape index (κ1) is 42.4. The van der Waals surface area contributed by atoms with Crippen molar-refractivity contribution in [2.24, 2.45) is 5.92 Å². The Bertz CT molecular complexity index is 1990. The first-order chi connectivity index (χ1) is 26.2. The van der Waals surface area contributed by atoms with Gasteiger partial charge in [-0.25, -0.2) is 18.2 Å². The van der Waals surface area contributed by atoms with Crippen molar-refractivity contribution in [3.63, 3.8) is 0 Å². The zero-order chi connectivity index (χ0) is 41.2. The molecule has 1 aromatic carbocycles. The van der Waals surface area contributed by atoms with Crippen LogP contribution in [0.15, 0.2) is 42.1 Å². The molecule has 306 valence electrons. The molecular formula is C40H55N5O10S. The molecule has 5 rings (SSSR count). The molecule has 56 heavy (non-hydrogen) atoms. The average molecular weight is 798 g/mol. The summed E-state index contributed by atoms with van der Waals surface area (Å²) in [5.41, 5.74) is -1.60. The number of rotatable bonds is 16. The van der Waals surface area contributed by atoms with Crippen LogP contribution in [0.5, 0.6) is 11.6 Å². The van der Waals surface area contributed by atoms with Crippen molar-refractivity contribution in [2.75, 3.05) is 6.54 Å². The number of amides is 4. The van der Waals surface area contributed by atoms with Crippen molar-refractivity contribution >= 4 is 50.4 Å². The lowest BCUT2D eigenvalue weighted by molar-refractivity contribution is -0.141. The normalized spacial score (nSPS) is 22.5. The molecule has 0 spiro atoms. The summed E-state index contributed by atoms with van der Waals surface area (Å²) in [5, 5.41) is 6.26. The van der Waals surface area contributed by atoms with Crippen molar-refractivity contribution in [1.82, 2.24) is 25.2 Å². The highest BCUT2D eigenvalue weighted by atomic mass is 32.2. The highest BCUT2D eigenvalue weighted by molar-refractivity contribution is 7.91. The van der Waals surface area contributed by atoms with Gasteiger partial charge in [0.05, 0.1) is 17.9 Å². The molecule has 0 unspecified atom stereocenters. The second-order valence-electron chi connectivity index (χ2n) is 16.5. The molecule has 4 amide bonds. The van der Waals surface area contributed by atoms with E-state index in [2.05, 4.69) is 20.3 Å². The number of aromatic nitrogens is 1. The molecule has 1 saturated heterocycles. The molecule has 5 atom stereocenters. The molecule has 0 radical (unpaired) electrons. The van der Waals surface area contributed by atoms with Gasteiger partial charge < -0.3 is 29.7 Å². The van der Waals surface area contributed by atoms with Gasteiger partial charge in [-0.2, -0.15) is 0 Å². The largest absolute Gasteiger partial charge is 0.491 e. The minimum absolute atomic E-state index is 0.0189. The topological polar surface area (TPSA) is 199 Å². The Balaban J connectivity index is 1.45. The number of ether oxygens (including phenoxy) is 3. The summed E-state index contributed by atoms with van der Waals surface area (Å²) >= 11 is 0. The predicted molar refractivity (Wildman–Crippen MR) is 208 cm³/mol. The fourth-order valence-corrected chi connectivity index (χ4v) is 8.35. The van der Waals surface area contributed by atoms with Crippen LogP contribution in [-0.4, -0.2) is 95.1 Å². The molecule has 15 nitrogen and oxygen atoms in total.